The van der Waals surface area contributed by atoms with Crippen molar-refractivity contribution in [3.8, 4) is 0 Å². The highest BCUT2D eigenvalue weighted by Crippen LogP contribution is 2.53. The predicted octanol–water partition coefficient (Wildman–Crippen LogP) is 4.87. The second-order valence-corrected chi connectivity index (χ2v) is 6.04. The Morgan fingerprint density at radius 3 is 2.00 bits per heavy atom. The third kappa shape index (κ3) is 2.67. The van der Waals surface area contributed by atoms with E-state index < -0.39 is 59.0 Å². The van der Waals surface area contributed by atoms with E-state index in [0.717, 1.165) is 0 Å². The van der Waals surface area contributed by atoms with Gasteiger partial charge in [-0.3, -0.25) is 0 Å². The minimum Gasteiger partial charge on any atom is -0.374 e. The Balaban J connectivity index is 2.23. The van der Waals surface area contributed by atoms with Crippen LogP contribution in [0, 0.1) is 0 Å². The number of benzene rings is 1. The quantitative estimate of drug-likeness (QED) is 0.676. The second-order valence-electron chi connectivity index (χ2n) is 6.04. The van der Waals surface area contributed by atoms with Gasteiger partial charge < -0.3 is 10.1 Å². The summed E-state index contributed by atoms with van der Waals surface area (Å²) < 4.78 is 107. The molecule has 0 saturated heterocycles. The molecule has 0 bridgehead atoms. The van der Waals surface area contributed by atoms with Crippen molar-refractivity contribution in [2.24, 2.45) is 0 Å². The maximum absolute atomic E-state index is 14.5. The number of hydrogen-bond donors (Lipinski definition) is 2. The lowest BCUT2D eigenvalue weighted by atomic mass is 9.73. The zero-order chi connectivity index (χ0) is 19.5. The van der Waals surface area contributed by atoms with E-state index in [4.69, 9.17) is 0 Å². The molecule has 2 nitrogen and oxygen atoms in total. The van der Waals surface area contributed by atoms with E-state index in [1.807, 2.05) is 0 Å². The topological polar surface area (TPSA) is 36.0 Å². The van der Waals surface area contributed by atoms with Crippen molar-refractivity contribution in [2.45, 2.75) is 36.7 Å². The van der Waals surface area contributed by atoms with Crippen LogP contribution in [0.1, 0.15) is 34.4 Å². The van der Waals surface area contributed by atoms with E-state index in [0.29, 0.717) is 30.5 Å². The van der Waals surface area contributed by atoms with E-state index in [9.17, 15) is 40.2 Å². The zero-order valence-electron chi connectivity index (χ0n) is 12.8. The van der Waals surface area contributed by atoms with E-state index in [-0.39, 0.29) is 5.69 Å². The summed E-state index contributed by atoms with van der Waals surface area (Å²) in [4.78, 5) is 2.24. The van der Waals surface area contributed by atoms with Crippen molar-refractivity contribution in [1.29, 1.82) is 0 Å². The molecule has 3 rings (SSSR count). The Labute approximate surface area is 141 Å². The Kier molecular flexibility index (Phi) is 3.91. The molecule has 1 aliphatic carbocycles. The molecule has 1 aliphatic rings. The minimum absolute atomic E-state index is 0.231. The van der Waals surface area contributed by atoms with Crippen LogP contribution in [0.5, 0.6) is 0 Å². The van der Waals surface area contributed by atoms with E-state index in [1.165, 1.54) is 0 Å². The predicted molar refractivity (Wildman–Crippen MR) is 73.5 cm³/mol. The maximum Gasteiger partial charge on any atom is 0.418 e. The highest BCUT2D eigenvalue weighted by atomic mass is 19.4. The molecule has 10 heteroatoms. The van der Waals surface area contributed by atoms with Crippen LogP contribution in [0.25, 0.3) is 0 Å². The molecular formula is C16H11F8NO. The number of nitrogens with one attached hydrogen (secondary N) is 1. The van der Waals surface area contributed by atoms with Gasteiger partial charge in [0.2, 0.25) is 0 Å². The average Bonchev–Trinajstić information content (AvgIpc) is 2.95. The maximum atomic E-state index is 14.5. The summed E-state index contributed by atoms with van der Waals surface area (Å²) in [5.41, 5.74) is -8.09. The molecule has 0 fully saturated rings. The number of halogens is 8. The van der Waals surface area contributed by atoms with Crippen molar-refractivity contribution in [3.05, 3.63) is 58.4 Å². The van der Waals surface area contributed by atoms with E-state index in [2.05, 4.69) is 4.98 Å². The lowest BCUT2D eigenvalue weighted by molar-refractivity contribution is -0.181. The Morgan fingerprint density at radius 2 is 1.50 bits per heavy atom. The molecular weight excluding hydrogens is 374 g/mol. The number of rotatable bonds is 1. The number of hydrogen-bond acceptors (Lipinski definition) is 1. The van der Waals surface area contributed by atoms with E-state index in [1.54, 1.807) is 0 Å². The molecule has 2 N–H and O–H groups in total. The Hall–Kier alpha value is -2.10. The largest absolute Gasteiger partial charge is 0.418 e. The number of alkyl halides is 8. The smallest absolute Gasteiger partial charge is 0.374 e. The van der Waals surface area contributed by atoms with Gasteiger partial charge in [-0.05, 0) is 24.1 Å². The number of H-pyrrole nitrogens is 1. The summed E-state index contributed by atoms with van der Waals surface area (Å²) in [6.45, 7) is 0. The second kappa shape index (κ2) is 5.45. The van der Waals surface area contributed by atoms with Gasteiger partial charge >= 0.3 is 12.4 Å². The van der Waals surface area contributed by atoms with Crippen LogP contribution >= 0.6 is 0 Å². The monoisotopic (exact) mass is 385 g/mol. The SMILES string of the molecule is OC1(c2ccc(C(F)(F)F)cc2)c2c(C(F)(F)F)c[nH]c2CCC1(F)F. The molecule has 0 spiro atoms. The lowest BCUT2D eigenvalue weighted by Crippen LogP contribution is -2.50. The van der Waals surface area contributed by atoms with E-state index >= 15 is 0 Å². The highest BCUT2D eigenvalue weighted by molar-refractivity contribution is 5.49. The van der Waals surface area contributed by atoms with Gasteiger partial charge in [-0.1, -0.05) is 12.1 Å². The van der Waals surface area contributed by atoms with Crippen molar-refractivity contribution in [1.82, 2.24) is 4.98 Å². The van der Waals surface area contributed by atoms with Crippen LogP contribution in [0.15, 0.2) is 30.5 Å². The van der Waals surface area contributed by atoms with Crippen LogP contribution in [0.3, 0.4) is 0 Å². The van der Waals surface area contributed by atoms with Crippen molar-refractivity contribution in [3.63, 3.8) is 0 Å². The molecule has 0 aliphatic heterocycles. The molecule has 0 amide bonds. The standard InChI is InChI=1S/C16H11F8NO/c17-13(18)6-5-11-12(10(7-25-11)16(22,23)24)14(13,26)8-1-3-9(4-2-8)15(19,20)21/h1-4,7,25-26H,5-6H2. The molecule has 142 valence electrons. The van der Waals surface area contributed by atoms with Gasteiger partial charge in [-0.2, -0.15) is 26.3 Å². The zero-order valence-corrected chi connectivity index (χ0v) is 12.8. The Bertz CT molecular complexity index is 818. The molecule has 2 aromatic rings. The fourth-order valence-corrected chi connectivity index (χ4v) is 3.20. The number of aryl methyl sites for hydroxylation is 1. The molecule has 1 aromatic carbocycles. The molecule has 1 heterocycles. The van der Waals surface area contributed by atoms with Gasteiger partial charge in [0, 0.05) is 23.9 Å². The Morgan fingerprint density at radius 1 is 0.923 bits per heavy atom. The number of aromatic amines is 1. The van der Waals surface area contributed by atoms with Crippen molar-refractivity contribution >= 4 is 0 Å². The number of fused-ring (bicyclic) bond motifs is 1. The summed E-state index contributed by atoms with van der Waals surface area (Å²) >= 11 is 0. The summed E-state index contributed by atoms with van der Waals surface area (Å²) in [5, 5.41) is 10.7. The summed E-state index contributed by atoms with van der Waals surface area (Å²) in [7, 11) is 0. The molecule has 1 aromatic heterocycles. The van der Waals surface area contributed by atoms with Crippen LogP contribution < -0.4 is 0 Å². The third-order valence-corrected chi connectivity index (χ3v) is 4.48. The first-order valence-corrected chi connectivity index (χ1v) is 7.34. The molecule has 1 atom stereocenters. The number of aliphatic hydroxyl groups is 1. The summed E-state index contributed by atoms with van der Waals surface area (Å²) in [6.07, 6.45) is -10.7. The van der Waals surface area contributed by atoms with Crippen molar-refractivity contribution in [2.75, 3.05) is 0 Å². The van der Waals surface area contributed by atoms with Gasteiger partial charge in [0.1, 0.15) is 0 Å². The van der Waals surface area contributed by atoms with Gasteiger partial charge in [0.25, 0.3) is 5.92 Å². The van der Waals surface area contributed by atoms with Crippen LogP contribution in [0.2, 0.25) is 0 Å². The first kappa shape index (κ1) is 18.7. The van der Waals surface area contributed by atoms with Crippen LogP contribution in [-0.2, 0) is 24.4 Å². The fraction of sp³-hybridized carbons (Fsp3) is 0.375. The molecule has 26 heavy (non-hydrogen) atoms. The van der Waals surface area contributed by atoms with Crippen LogP contribution in [-0.4, -0.2) is 16.0 Å². The van der Waals surface area contributed by atoms with Gasteiger partial charge in [-0.15, -0.1) is 0 Å². The summed E-state index contributed by atoms with van der Waals surface area (Å²) in [6, 6.07) is 2.02. The van der Waals surface area contributed by atoms with Crippen LogP contribution in [0.4, 0.5) is 35.1 Å². The molecule has 0 saturated carbocycles. The van der Waals surface area contributed by atoms with Gasteiger partial charge in [0.05, 0.1) is 11.1 Å². The third-order valence-electron chi connectivity index (χ3n) is 4.48. The average molecular weight is 385 g/mol. The normalized spacial score (nSPS) is 23.0. The number of aromatic nitrogens is 1. The van der Waals surface area contributed by atoms with Gasteiger partial charge in [0.15, 0.2) is 5.60 Å². The summed E-state index contributed by atoms with van der Waals surface area (Å²) in [5.74, 6) is -4.01. The van der Waals surface area contributed by atoms with Crippen molar-refractivity contribution < 1.29 is 40.2 Å². The van der Waals surface area contributed by atoms with Gasteiger partial charge in [-0.25, -0.2) is 8.78 Å². The molecule has 0 radical (unpaired) electrons. The minimum atomic E-state index is -5.03. The highest BCUT2D eigenvalue weighted by Gasteiger charge is 2.61. The lowest BCUT2D eigenvalue weighted by Gasteiger charge is -2.41. The molecule has 1 unspecified atom stereocenters. The fourth-order valence-electron chi connectivity index (χ4n) is 3.20. The first-order valence-electron chi connectivity index (χ1n) is 7.34. The first-order chi connectivity index (χ1) is 11.8.